The summed E-state index contributed by atoms with van der Waals surface area (Å²) in [6, 6.07) is 4.13. The van der Waals surface area contributed by atoms with Gasteiger partial charge in [0.25, 0.3) is 0 Å². The molecule has 1 aromatic rings. The first kappa shape index (κ1) is 19.9. The third kappa shape index (κ3) is 4.24. The van der Waals surface area contributed by atoms with Crippen molar-refractivity contribution in [3.63, 3.8) is 0 Å². The van der Waals surface area contributed by atoms with Gasteiger partial charge in [0.1, 0.15) is 6.07 Å². The quantitative estimate of drug-likeness (QED) is 0.679. The smallest absolute Gasteiger partial charge is 0.218 e. The second-order valence-corrected chi connectivity index (χ2v) is 11.2. The van der Waals surface area contributed by atoms with Crippen LogP contribution in [0, 0.1) is 11.3 Å². The SMILES string of the molecule is CS(=O)(=O)C(=C(C#N)S(=O)(=O)c1ccc(Cl)c(Cl)c1)S(C)(=O)=O. The van der Waals surface area contributed by atoms with Gasteiger partial charge in [-0.25, -0.2) is 25.3 Å². The van der Waals surface area contributed by atoms with Crippen LogP contribution < -0.4 is 0 Å². The summed E-state index contributed by atoms with van der Waals surface area (Å²) >= 11 is 11.4. The number of hydrogen-bond donors (Lipinski definition) is 0. The number of benzene rings is 1. The summed E-state index contributed by atoms with van der Waals surface area (Å²) in [4.78, 5) is -1.96. The largest absolute Gasteiger partial charge is 0.223 e. The summed E-state index contributed by atoms with van der Waals surface area (Å²) in [5.41, 5.74) is 0. The summed E-state index contributed by atoms with van der Waals surface area (Å²) in [6.45, 7) is 0. The Morgan fingerprint density at radius 3 is 1.78 bits per heavy atom. The predicted molar refractivity (Wildman–Crippen MR) is 86.0 cm³/mol. The highest BCUT2D eigenvalue weighted by Crippen LogP contribution is 2.31. The lowest BCUT2D eigenvalue weighted by molar-refractivity contribution is 0.595. The lowest BCUT2D eigenvalue weighted by atomic mass is 10.4. The van der Waals surface area contributed by atoms with E-state index in [0.29, 0.717) is 12.5 Å². The average molecular weight is 418 g/mol. The van der Waals surface area contributed by atoms with E-state index in [1.807, 2.05) is 0 Å². The number of hydrogen-bond acceptors (Lipinski definition) is 7. The Morgan fingerprint density at radius 2 is 1.43 bits per heavy atom. The van der Waals surface area contributed by atoms with E-state index < -0.39 is 43.5 Å². The molecule has 0 heterocycles. The number of sulfone groups is 3. The Balaban J connectivity index is 3.97. The maximum atomic E-state index is 12.5. The summed E-state index contributed by atoms with van der Waals surface area (Å²) < 4.78 is 70.1. The van der Waals surface area contributed by atoms with Crippen LogP contribution in [0.3, 0.4) is 0 Å². The molecule has 1 aromatic carbocycles. The molecule has 0 spiro atoms. The normalized spacial score (nSPS) is 12.5. The van der Waals surface area contributed by atoms with Gasteiger partial charge in [0.15, 0.2) is 28.8 Å². The fraction of sp³-hybridized carbons (Fsp3) is 0.182. The Morgan fingerprint density at radius 1 is 0.957 bits per heavy atom. The van der Waals surface area contributed by atoms with Crippen molar-refractivity contribution in [1.29, 1.82) is 5.26 Å². The molecule has 0 amide bonds. The van der Waals surface area contributed by atoms with Crippen LogP contribution in [0.4, 0.5) is 0 Å². The van der Waals surface area contributed by atoms with E-state index in [2.05, 4.69) is 0 Å². The molecule has 23 heavy (non-hydrogen) atoms. The Bertz CT molecular complexity index is 1010. The zero-order valence-corrected chi connectivity index (χ0v) is 15.6. The van der Waals surface area contributed by atoms with Gasteiger partial charge < -0.3 is 0 Å². The average Bonchev–Trinajstić information content (AvgIpc) is 2.35. The van der Waals surface area contributed by atoms with Crippen molar-refractivity contribution in [1.82, 2.24) is 0 Å². The molecule has 7 nitrogen and oxygen atoms in total. The van der Waals surface area contributed by atoms with E-state index in [1.54, 1.807) is 0 Å². The van der Waals surface area contributed by atoms with Crippen LogP contribution in [-0.2, 0) is 29.5 Å². The van der Waals surface area contributed by atoms with Gasteiger partial charge in [-0.3, -0.25) is 0 Å². The van der Waals surface area contributed by atoms with Crippen LogP contribution in [0.5, 0.6) is 0 Å². The van der Waals surface area contributed by atoms with Gasteiger partial charge in [0.05, 0.1) is 14.9 Å². The second-order valence-electron chi connectivity index (χ2n) is 4.35. The fourth-order valence-electron chi connectivity index (χ4n) is 1.59. The topological polar surface area (TPSA) is 126 Å². The molecule has 0 aromatic heterocycles. The first-order chi connectivity index (χ1) is 10.2. The van der Waals surface area contributed by atoms with Gasteiger partial charge in [0, 0.05) is 12.5 Å². The van der Waals surface area contributed by atoms with Crippen molar-refractivity contribution in [3.8, 4) is 6.07 Å². The van der Waals surface area contributed by atoms with Crippen LogP contribution in [-0.4, -0.2) is 37.8 Å². The molecule has 0 aliphatic carbocycles. The molecule has 0 N–H and O–H groups in total. The lowest BCUT2D eigenvalue weighted by Crippen LogP contribution is -2.18. The van der Waals surface area contributed by atoms with Gasteiger partial charge >= 0.3 is 0 Å². The Kier molecular flexibility index (Phi) is 5.55. The van der Waals surface area contributed by atoms with Crippen molar-refractivity contribution in [3.05, 3.63) is 37.4 Å². The van der Waals surface area contributed by atoms with Crippen LogP contribution in [0.1, 0.15) is 0 Å². The van der Waals surface area contributed by atoms with Crippen molar-refractivity contribution in [2.24, 2.45) is 0 Å². The van der Waals surface area contributed by atoms with Crippen molar-refractivity contribution in [2.75, 3.05) is 12.5 Å². The molecule has 12 heteroatoms. The Labute approximate surface area is 143 Å². The van der Waals surface area contributed by atoms with Gasteiger partial charge in [-0.15, -0.1) is 0 Å². The standard InChI is InChI=1S/C11H9Cl2NO6S3/c1-21(15,16)11(22(2,17)18)10(6-14)23(19,20)7-3-4-8(12)9(13)5-7/h3-5H,1-2H3. The van der Waals surface area contributed by atoms with Crippen LogP contribution >= 0.6 is 23.2 Å². The van der Waals surface area contributed by atoms with E-state index >= 15 is 0 Å². The highest BCUT2D eigenvalue weighted by Gasteiger charge is 2.35. The van der Waals surface area contributed by atoms with Gasteiger partial charge in [0.2, 0.25) is 9.84 Å². The van der Waals surface area contributed by atoms with Crippen molar-refractivity contribution in [2.45, 2.75) is 4.90 Å². The molecule has 126 valence electrons. The van der Waals surface area contributed by atoms with Gasteiger partial charge in [-0.05, 0) is 18.2 Å². The minimum Gasteiger partial charge on any atom is -0.223 e. The van der Waals surface area contributed by atoms with Crippen molar-refractivity contribution >= 4 is 52.7 Å². The molecular formula is C11H9Cl2NO6S3. The third-order valence-electron chi connectivity index (χ3n) is 2.43. The maximum Gasteiger partial charge on any atom is 0.218 e. The first-order valence-corrected chi connectivity index (χ1v) is 11.5. The lowest BCUT2D eigenvalue weighted by Gasteiger charge is -2.09. The first-order valence-electron chi connectivity index (χ1n) is 5.47. The number of rotatable bonds is 4. The minimum atomic E-state index is -4.74. The molecule has 1 rings (SSSR count). The molecule has 0 aliphatic rings. The molecule has 0 bridgehead atoms. The van der Waals surface area contributed by atoms with Gasteiger partial charge in [-0.1, -0.05) is 23.2 Å². The Hall–Kier alpha value is -1.12. The molecule has 0 fully saturated rings. The molecule has 0 saturated carbocycles. The molecule has 0 unspecified atom stereocenters. The fourth-order valence-corrected chi connectivity index (χ4v) is 7.58. The molecule has 0 atom stereocenters. The highest BCUT2D eigenvalue weighted by molar-refractivity contribution is 8.15. The van der Waals surface area contributed by atoms with E-state index in [4.69, 9.17) is 28.5 Å². The number of allylic oxidation sites excluding steroid dienone is 1. The predicted octanol–water partition coefficient (Wildman–Crippen LogP) is 1.55. The number of halogens is 2. The summed E-state index contributed by atoms with van der Waals surface area (Å²) in [6.07, 6.45) is 0.982. The van der Waals surface area contributed by atoms with E-state index in [9.17, 15) is 25.3 Å². The second kappa shape index (κ2) is 6.41. The zero-order valence-electron chi connectivity index (χ0n) is 11.6. The van der Waals surface area contributed by atoms with Gasteiger partial charge in [-0.2, -0.15) is 5.26 Å². The summed E-state index contributed by atoms with van der Waals surface area (Å²) in [5.74, 6) is 0. The zero-order chi connectivity index (χ0) is 18.2. The van der Waals surface area contributed by atoms with Crippen molar-refractivity contribution < 1.29 is 25.3 Å². The van der Waals surface area contributed by atoms with Crippen LogP contribution in [0.15, 0.2) is 32.2 Å². The van der Waals surface area contributed by atoms with E-state index in [0.717, 1.165) is 24.3 Å². The van der Waals surface area contributed by atoms with Crippen LogP contribution in [0.2, 0.25) is 10.0 Å². The third-order valence-corrected chi connectivity index (χ3v) is 8.71. The summed E-state index contributed by atoms with van der Waals surface area (Å²) in [5, 5.41) is 8.93. The molecular weight excluding hydrogens is 409 g/mol. The number of nitrogens with zero attached hydrogens (tertiary/aromatic N) is 1. The molecule has 0 aliphatic heterocycles. The van der Waals surface area contributed by atoms with Crippen LogP contribution in [0.25, 0.3) is 0 Å². The van der Waals surface area contributed by atoms with E-state index in [1.165, 1.54) is 0 Å². The number of nitriles is 1. The summed E-state index contributed by atoms with van der Waals surface area (Å²) in [7, 11) is -13.8. The molecule has 0 radical (unpaired) electrons. The minimum absolute atomic E-state index is 0.0274. The molecule has 0 saturated heterocycles. The van der Waals surface area contributed by atoms with E-state index in [-0.39, 0.29) is 10.0 Å². The monoisotopic (exact) mass is 417 g/mol. The highest BCUT2D eigenvalue weighted by atomic mass is 35.5. The maximum absolute atomic E-state index is 12.5.